The molecule has 0 bridgehead atoms. The number of aryl methyl sites for hydroxylation is 1. The average Bonchev–Trinajstić information content (AvgIpc) is 2.32. The molecule has 0 saturated carbocycles. The zero-order valence-electron chi connectivity index (χ0n) is 8.89. The lowest BCUT2D eigenvalue weighted by Crippen LogP contribution is -1.81. The van der Waals surface area contributed by atoms with Crippen molar-refractivity contribution >= 4 is 23.8 Å². The minimum Gasteiger partial charge on any atom is -0.159 e. The summed E-state index contributed by atoms with van der Waals surface area (Å²) in [4.78, 5) is 0. The van der Waals surface area contributed by atoms with Crippen LogP contribution < -0.4 is 0 Å². The third-order valence-corrected chi connectivity index (χ3v) is 2.54. The molecule has 80 valence electrons. The topological polar surface area (TPSA) is 25.8 Å². The third-order valence-electron chi connectivity index (χ3n) is 2.30. The van der Waals surface area contributed by atoms with Crippen LogP contribution in [-0.2, 0) is 0 Å². The molecule has 1 heterocycles. The van der Waals surface area contributed by atoms with E-state index in [2.05, 4.69) is 17.1 Å². The molecular weight excluding hydrogens is 220 g/mol. The largest absolute Gasteiger partial charge is 0.159 e. The number of halogens is 1. The van der Waals surface area contributed by atoms with E-state index in [0.29, 0.717) is 0 Å². The minimum absolute atomic E-state index is 0.748. The highest BCUT2D eigenvalue weighted by Crippen LogP contribution is 2.17. The maximum Gasteiger partial charge on any atom is 0.0568 e. The van der Waals surface area contributed by atoms with Crippen molar-refractivity contribution < 1.29 is 0 Å². The van der Waals surface area contributed by atoms with Gasteiger partial charge in [-0.2, -0.15) is 10.2 Å². The summed E-state index contributed by atoms with van der Waals surface area (Å²) >= 11 is 5.94. The van der Waals surface area contributed by atoms with E-state index in [4.69, 9.17) is 11.6 Å². The average molecular weight is 231 g/mol. The second kappa shape index (κ2) is 4.90. The first-order valence-corrected chi connectivity index (χ1v) is 5.34. The molecule has 0 aliphatic rings. The summed E-state index contributed by atoms with van der Waals surface area (Å²) in [5.74, 6) is 0. The quantitative estimate of drug-likeness (QED) is 0.788. The lowest BCUT2D eigenvalue weighted by atomic mass is 10.1. The van der Waals surface area contributed by atoms with Crippen LogP contribution in [-0.4, -0.2) is 10.2 Å². The number of nitrogens with zero attached hydrogens (tertiary/aromatic N) is 2. The lowest BCUT2D eigenvalue weighted by molar-refractivity contribution is 1.03. The fourth-order valence-corrected chi connectivity index (χ4v) is 1.56. The highest BCUT2D eigenvalue weighted by molar-refractivity contribution is 6.30. The van der Waals surface area contributed by atoms with Gasteiger partial charge >= 0.3 is 0 Å². The van der Waals surface area contributed by atoms with Gasteiger partial charge in [-0.05, 0) is 41.8 Å². The second-order valence-corrected chi connectivity index (χ2v) is 3.95. The summed E-state index contributed by atoms with van der Waals surface area (Å²) in [5, 5.41) is 8.28. The molecule has 0 atom stereocenters. The molecule has 0 unspecified atom stereocenters. The number of hydrogen-bond acceptors (Lipinski definition) is 2. The Morgan fingerprint density at radius 1 is 1.12 bits per heavy atom. The van der Waals surface area contributed by atoms with E-state index in [0.717, 1.165) is 16.1 Å². The van der Waals surface area contributed by atoms with E-state index in [1.54, 1.807) is 12.4 Å². The number of aromatic nitrogens is 2. The highest BCUT2D eigenvalue weighted by Gasteiger charge is 1.95. The smallest absolute Gasteiger partial charge is 0.0568 e. The van der Waals surface area contributed by atoms with Gasteiger partial charge in [0.1, 0.15) is 0 Å². The first kappa shape index (κ1) is 10.8. The van der Waals surface area contributed by atoms with Crippen molar-refractivity contribution in [2.75, 3.05) is 0 Å². The van der Waals surface area contributed by atoms with Crippen LogP contribution in [0.4, 0.5) is 0 Å². The summed E-state index contributed by atoms with van der Waals surface area (Å²) in [6.45, 7) is 2.06. The van der Waals surface area contributed by atoms with Gasteiger partial charge in [-0.25, -0.2) is 0 Å². The van der Waals surface area contributed by atoms with E-state index in [9.17, 15) is 0 Å². The van der Waals surface area contributed by atoms with E-state index in [1.165, 1.54) is 5.56 Å². The number of benzene rings is 1. The molecule has 3 heteroatoms. The lowest BCUT2D eigenvalue weighted by Gasteiger charge is -2.00. The van der Waals surface area contributed by atoms with E-state index < -0.39 is 0 Å². The first-order valence-electron chi connectivity index (χ1n) is 4.96. The molecule has 1 aromatic heterocycles. The SMILES string of the molecule is Cc1ccc(Cl)cc1C=Cc1ccnnc1. The standard InChI is InChI=1S/C13H11ClN2/c1-10-2-5-13(14)8-12(10)4-3-11-6-7-15-16-9-11/h2-9H,1H3. The molecule has 0 spiro atoms. The van der Waals surface area contributed by atoms with Crippen molar-refractivity contribution in [3.8, 4) is 0 Å². The maximum absolute atomic E-state index is 5.94. The Morgan fingerprint density at radius 3 is 2.75 bits per heavy atom. The summed E-state index contributed by atoms with van der Waals surface area (Å²) in [5.41, 5.74) is 3.33. The molecule has 0 aliphatic carbocycles. The predicted octanol–water partition coefficient (Wildman–Crippen LogP) is 3.61. The fourth-order valence-electron chi connectivity index (χ4n) is 1.38. The molecule has 0 N–H and O–H groups in total. The van der Waals surface area contributed by atoms with E-state index >= 15 is 0 Å². The number of hydrogen-bond donors (Lipinski definition) is 0. The molecule has 0 fully saturated rings. The van der Waals surface area contributed by atoms with E-state index in [-0.39, 0.29) is 0 Å². The van der Waals surface area contributed by atoms with Gasteiger partial charge in [0.2, 0.25) is 0 Å². The Balaban J connectivity index is 2.27. The van der Waals surface area contributed by atoms with Crippen LogP contribution in [0.15, 0.2) is 36.7 Å². The molecule has 1 aromatic carbocycles. The Hall–Kier alpha value is -1.67. The molecule has 2 rings (SSSR count). The predicted molar refractivity (Wildman–Crippen MR) is 67.1 cm³/mol. The molecule has 0 radical (unpaired) electrons. The Morgan fingerprint density at radius 2 is 2.00 bits per heavy atom. The van der Waals surface area contributed by atoms with Gasteiger partial charge in [0.25, 0.3) is 0 Å². The normalized spacial score (nSPS) is 10.9. The van der Waals surface area contributed by atoms with Gasteiger partial charge in [-0.1, -0.05) is 29.8 Å². The Bertz CT molecular complexity index is 507. The van der Waals surface area contributed by atoms with Crippen molar-refractivity contribution in [3.05, 3.63) is 58.4 Å². The van der Waals surface area contributed by atoms with Crippen molar-refractivity contribution in [1.82, 2.24) is 10.2 Å². The van der Waals surface area contributed by atoms with Gasteiger partial charge in [0, 0.05) is 5.02 Å². The van der Waals surface area contributed by atoms with Crippen LogP contribution >= 0.6 is 11.6 Å². The van der Waals surface area contributed by atoms with Crippen molar-refractivity contribution in [2.45, 2.75) is 6.92 Å². The third kappa shape index (κ3) is 2.67. The molecule has 2 aromatic rings. The van der Waals surface area contributed by atoms with Crippen molar-refractivity contribution in [2.24, 2.45) is 0 Å². The highest BCUT2D eigenvalue weighted by atomic mass is 35.5. The maximum atomic E-state index is 5.94. The van der Waals surface area contributed by atoms with Crippen LogP contribution in [0.1, 0.15) is 16.7 Å². The first-order chi connectivity index (χ1) is 7.75. The summed E-state index contributed by atoms with van der Waals surface area (Å²) in [7, 11) is 0. The summed E-state index contributed by atoms with van der Waals surface area (Å²) in [6.07, 6.45) is 7.41. The molecular formula is C13H11ClN2. The molecule has 0 aliphatic heterocycles. The van der Waals surface area contributed by atoms with Crippen LogP contribution in [0.2, 0.25) is 5.02 Å². The van der Waals surface area contributed by atoms with E-state index in [1.807, 2.05) is 36.4 Å². The molecule has 0 amide bonds. The monoisotopic (exact) mass is 230 g/mol. The van der Waals surface area contributed by atoms with Gasteiger partial charge in [0.05, 0.1) is 12.4 Å². The van der Waals surface area contributed by atoms with Crippen LogP contribution in [0.3, 0.4) is 0 Å². The van der Waals surface area contributed by atoms with Crippen LogP contribution in [0.25, 0.3) is 12.2 Å². The molecule has 2 nitrogen and oxygen atoms in total. The summed E-state index contributed by atoms with van der Waals surface area (Å²) < 4.78 is 0. The van der Waals surface area contributed by atoms with Crippen molar-refractivity contribution in [3.63, 3.8) is 0 Å². The Labute approximate surface area is 99.6 Å². The molecule has 0 saturated heterocycles. The van der Waals surface area contributed by atoms with Crippen molar-refractivity contribution in [1.29, 1.82) is 0 Å². The fraction of sp³-hybridized carbons (Fsp3) is 0.0769. The zero-order chi connectivity index (χ0) is 11.4. The number of rotatable bonds is 2. The van der Waals surface area contributed by atoms with Gasteiger partial charge in [-0.15, -0.1) is 0 Å². The van der Waals surface area contributed by atoms with Gasteiger partial charge in [-0.3, -0.25) is 0 Å². The molecule has 16 heavy (non-hydrogen) atoms. The Kier molecular flexibility index (Phi) is 3.32. The van der Waals surface area contributed by atoms with Crippen LogP contribution in [0.5, 0.6) is 0 Å². The zero-order valence-corrected chi connectivity index (χ0v) is 9.65. The van der Waals surface area contributed by atoms with Gasteiger partial charge < -0.3 is 0 Å². The minimum atomic E-state index is 0.748. The summed E-state index contributed by atoms with van der Waals surface area (Å²) in [6, 6.07) is 7.75. The second-order valence-electron chi connectivity index (χ2n) is 3.51. The van der Waals surface area contributed by atoms with Crippen LogP contribution in [0, 0.1) is 6.92 Å². The van der Waals surface area contributed by atoms with Gasteiger partial charge in [0.15, 0.2) is 0 Å².